The van der Waals surface area contributed by atoms with Crippen LogP contribution in [0.25, 0.3) is 0 Å². The summed E-state index contributed by atoms with van der Waals surface area (Å²) in [6, 6.07) is 10.5. The standard InChI is InChI=1S/C15H19O2Se.3C4H9.Sn/c1-3-5-7-12-14(15(16)17-4-2)18-13-10-8-6-9-11-13;3*1-3-4-2;/h1,3,6,8-11,14H,4-5,7,12H2,2H3;3*1,3-4H2,2H3;. The van der Waals surface area contributed by atoms with Crippen LogP contribution in [0, 0.1) is 0 Å². The van der Waals surface area contributed by atoms with E-state index in [1.54, 1.807) is 0 Å². The average molecular weight is 600 g/mol. The van der Waals surface area contributed by atoms with E-state index in [1.165, 1.54) is 56.3 Å². The third-order valence-electron chi connectivity index (χ3n) is 5.96. The van der Waals surface area contributed by atoms with Crippen LogP contribution in [0.4, 0.5) is 0 Å². The van der Waals surface area contributed by atoms with Crippen LogP contribution in [0.2, 0.25) is 18.1 Å². The number of hydrogen-bond donors (Lipinski definition) is 0. The van der Waals surface area contributed by atoms with Crippen LogP contribution in [0.15, 0.2) is 40.5 Å². The van der Waals surface area contributed by atoms with Gasteiger partial charge in [-0.15, -0.1) is 0 Å². The third kappa shape index (κ3) is 12.5. The fourth-order valence-electron chi connectivity index (χ4n) is 4.09. The summed E-state index contributed by atoms with van der Waals surface area (Å²) in [6.07, 6.45) is 13.9. The second kappa shape index (κ2) is 18.2. The van der Waals surface area contributed by atoms with Crippen molar-refractivity contribution in [1.29, 1.82) is 0 Å². The Bertz CT molecular complexity index is 581. The van der Waals surface area contributed by atoms with Gasteiger partial charge >= 0.3 is 204 Å². The zero-order valence-electron chi connectivity index (χ0n) is 20.5. The monoisotopic (exact) mass is 602 g/mol. The van der Waals surface area contributed by atoms with Gasteiger partial charge in [-0.2, -0.15) is 0 Å². The minimum absolute atomic E-state index is 0.00214. The van der Waals surface area contributed by atoms with Crippen LogP contribution >= 0.6 is 0 Å². The van der Waals surface area contributed by atoms with E-state index in [-0.39, 0.29) is 25.7 Å². The van der Waals surface area contributed by atoms with Gasteiger partial charge in [0.1, 0.15) is 0 Å². The van der Waals surface area contributed by atoms with Crippen LogP contribution in [-0.2, 0) is 9.53 Å². The molecule has 0 aromatic heterocycles. The molecule has 0 saturated heterocycles. The van der Waals surface area contributed by atoms with Gasteiger partial charge in [0, 0.05) is 0 Å². The number of unbranched alkanes of at least 4 members (excludes halogenated alkanes) is 4. The van der Waals surface area contributed by atoms with E-state index >= 15 is 0 Å². The van der Waals surface area contributed by atoms with E-state index in [0.717, 1.165) is 19.3 Å². The van der Waals surface area contributed by atoms with Gasteiger partial charge in [-0.05, 0) is 0 Å². The van der Waals surface area contributed by atoms with Crippen LogP contribution < -0.4 is 4.46 Å². The number of benzene rings is 1. The summed E-state index contributed by atoms with van der Waals surface area (Å²) >= 11 is -2.02. The van der Waals surface area contributed by atoms with Gasteiger partial charge in [-0.1, -0.05) is 0 Å². The van der Waals surface area contributed by atoms with E-state index < -0.39 is 18.4 Å². The van der Waals surface area contributed by atoms with Gasteiger partial charge in [0.05, 0.1) is 0 Å². The van der Waals surface area contributed by atoms with Crippen molar-refractivity contribution in [2.75, 3.05) is 6.61 Å². The fraction of sp³-hybridized carbons (Fsp3) is 0.667. The molecule has 0 aliphatic heterocycles. The molecular weight excluding hydrogens is 554 g/mol. The fourth-order valence-corrected chi connectivity index (χ4v) is 20.9. The molecule has 0 radical (unpaired) electrons. The number of hydrogen-bond acceptors (Lipinski definition) is 2. The first-order valence-corrected chi connectivity index (χ1v) is 22.2. The van der Waals surface area contributed by atoms with Crippen LogP contribution in [-0.4, -0.2) is 45.9 Å². The van der Waals surface area contributed by atoms with E-state index in [4.69, 9.17) is 4.74 Å². The Kier molecular flexibility index (Phi) is 16.9. The summed E-state index contributed by atoms with van der Waals surface area (Å²) in [5, 5.41) is 0. The Morgan fingerprint density at radius 2 is 1.52 bits per heavy atom. The van der Waals surface area contributed by atoms with Crippen molar-refractivity contribution in [3.8, 4) is 0 Å². The Labute approximate surface area is 203 Å². The topological polar surface area (TPSA) is 26.3 Å². The summed E-state index contributed by atoms with van der Waals surface area (Å²) in [7, 11) is 0. The summed E-state index contributed by atoms with van der Waals surface area (Å²) < 4.78 is 14.0. The van der Waals surface area contributed by atoms with E-state index in [9.17, 15) is 4.79 Å². The second-order valence-electron chi connectivity index (χ2n) is 8.68. The van der Waals surface area contributed by atoms with Gasteiger partial charge in [-0.25, -0.2) is 0 Å². The normalized spacial score (nSPS) is 12.9. The summed E-state index contributed by atoms with van der Waals surface area (Å²) in [4.78, 5) is 12.5. The molecule has 0 aliphatic carbocycles. The molecule has 31 heavy (non-hydrogen) atoms. The van der Waals surface area contributed by atoms with Gasteiger partial charge in [0.2, 0.25) is 0 Å². The van der Waals surface area contributed by atoms with Gasteiger partial charge in [0.25, 0.3) is 0 Å². The summed E-state index contributed by atoms with van der Waals surface area (Å²) in [5.41, 5.74) is 0. The molecule has 0 heterocycles. The Morgan fingerprint density at radius 3 is 2.03 bits per heavy atom. The van der Waals surface area contributed by atoms with Gasteiger partial charge < -0.3 is 0 Å². The third-order valence-corrected chi connectivity index (χ3v) is 22.8. The number of carbonyl (C=O) groups is 1. The van der Waals surface area contributed by atoms with Crippen molar-refractivity contribution in [2.45, 2.75) is 104 Å². The molecular formula is C27H46O2SeSn. The van der Waals surface area contributed by atoms with Gasteiger partial charge in [-0.3, -0.25) is 0 Å². The second-order valence-corrected chi connectivity index (χ2v) is 24.4. The first kappa shape index (κ1) is 28.8. The SMILES string of the molecule is CCC[CH2][Sn](/[CH]=C/CCCC([Se]c1ccccc1)C(=O)OCC)([CH2]CCC)[CH2]CCC. The molecule has 1 aromatic rings. The maximum absolute atomic E-state index is 12.5. The predicted octanol–water partition coefficient (Wildman–Crippen LogP) is 7.48. The molecule has 2 nitrogen and oxygen atoms in total. The molecule has 0 spiro atoms. The molecule has 1 aromatic carbocycles. The zero-order chi connectivity index (χ0) is 22.8. The molecule has 0 N–H and O–H groups in total. The quantitative estimate of drug-likeness (QED) is 0.0993. The molecule has 0 fully saturated rings. The molecule has 1 rings (SSSR count). The summed E-state index contributed by atoms with van der Waals surface area (Å²) in [6.45, 7) is 9.39. The maximum atomic E-state index is 12.5. The number of allylic oxidation sites excluding steroid dienone is 1. The zero-order valence-corrected chi connectivity index (χ0v) is 25.1. The van der Waals surface area contributed by atoms with Crippen LogP contribution in [0.3, 0.4) is 0 Å². The van der Waals surface area contributed by atoms with Crippen LogP contribution in [0.1, 0.15) is 85.5 Å². The number of carbonyl (C=O) groups excluding carboxylic acids is 1. The molecule has 176 valence electrons. The van der Waals surface area contributed by atoms with Crippen molar-refractivity contribution < 1.29 is 9.53 Å². The molecule has 0 amide bonds. The van der Waals surface area contributed by atoms with Crippen molar-refractivity contribution >= 4 is 43.8 Å². The molecule has 1 unspecified atom stereocenters. The van der Waals surface area contributed by atoms with E-state index in [0.29, 0.717) is 6.61 Å². The minimum atomic E-state index is -2.16. The van der Waals surface area contributed by atoms with Crippen molar-refractivity contribution in [1.82, 2.24) is 0 Å². The molecule has 0 bridgehead atoms. The molecule has 0 saturated carbocycles. The first-order chi connectivity index (χ1) is 15.1. The van der Waals surface area contributed by atoms with E-state index in [1.807, 2.05) is 13.0 Å². The first-order valence-electron chi connectivity index (χ1n) is 12.7. The van der Waals surface area contributed by atoms with Crippen molar-refractivity contribution in [2.24, 2.45) is 0 Å². The Hall–Kier alpha value is -0.252. The van der Waals surface area contributed by atoms with Crippen LogP contribution in [0.5, 0.6) is 0 Å². The predicted molar refractivity (Wildman–Crippen MR) is 140 cm³/mol. The Balaban J connectivity index is 2.70. The number of rotatable bonds is 18. The Morgan fingerprint density at radius 1 is 0.935 bits per heavy atom. The number of ether oxygens (including phenoxy) is 1. The summed E-state index contributed by atoms with van der Waals surface area (Å²) in [5.74, 6) is -0.00214. The molecule has 4 heteroatoms. The number of esters is 1. The van der Waals surface area contributed by atoms with Gasteiger partial charge in [0.15, 0.2) is 0 Å². The van der Waals surface area contributed by atoms with Crippen molar-refractivity contribution in [3.63, 3.8) is 0 Å². The molecule has 1 atom stereocenters. The average Bonchev–Trinajstić information content (AvgIpc) is 2.79. The van der Waals surface area contributed by atoms with Crippen molar-refractivity contribution in [3.05, 3.63) is 40.5 Å². The molecule has 0 aliphatic rings. The van der Waals surface area contributed by atoms with E-state index in [2.05, 4.69) is 55.2 Å².